The van der Waals surface area contributed by atoms with Gasteiger partial charge in [-0.05, 0) is 31.5 Å². The molecule has 0 fully saturated rings. The van der Waals surface area contributed by atoms with Crippen LogP contribution in [0.5, 0.6) is 0 Å². The molecule has 6 nitrogen and oxygen atoms in total. The molecule has 0 saturated carbocycles. The Labute approximate surface area is 126 Å². The van der Waals surface area contributed by atoms with Gasteiger partial charge in [0.25, 0.3) is 0 Å². The van der Waals surface area contributed by atoms with E-state index in [-0.39, 0.29) is 12.5 Å². The number of carbonyl (C=O) groups excluding carboxylic acids is 1. The molecule has 1 aromatic carbocycles. The summed E-state index contributed by atoms with van der Waals surface area (Å²) in [5, 5.41) is 3.64. The Balaban J connectivity index is 1.83. The molecule has 0 radical (unpaired) electrons. The van der Waals surface area contributed by atoms with Crippen LogP contribution < -0.4 is 10.9 Å². The van der Waals surface area contributed by atoms with Gasteiger partial charge >= 0.3 is 5.63 Å². The summed E-state index contributed by atoms with van der Waals surface area (Å²) in [4.78, 5) is 27.5. The number of nitrogens with one attached hydrogen (secondary N) is 1. The molecule has 0 aliphatic heterocycles. The van der Waals surface area contributed by atoms with Crippen LogP contribution >= 0.6 is 0 Å². The maximum atomic E-state index is 12.0. The van der Waals surface area contributed by atoms with Crippen molar-refractivity contribution in [3.63, 3.8) is 0 Å². The van der Waals surface area contributed by atoms with Gasteiger partial charge in [0.15, 0.2) is 0 Å². The van der Waals surface area contributed by atoms with Crippen LogP contribution in [0.2, 0.25) is 0 Å². The van der Waals surface area contributed by atoms with Gasteiger partial charge in [-0.15, -0.1) is 0 Å². The lowest BCUT2D eigenvalue weighted by Crippen LogP contribution is -2.19. The number of benzene rings is 1. The first-order valence-corrected chi connectivity index (χ1v) is 6.85. The van der Waals surface area contributed by atoms with Crippen molar-refractivity contribution < 1.29 is 9.21 Å². The second-order valence-electron chi connectivity index (χ2n) is 5.11. The molecule has 0 spiro atoms. The zero-order chi connectivity index (χ0) is 15.7. The number of carbonyl (C=O) groups is 1. The Hall–Kier alpha value is -2.89. The Morgan fingerprint density at radius 2 is 2.14 bits per heavy atom. The third kappa shape index (κ3) is 2.76. The quantitative estimate of drug-likeness (QED) is 0.752. The predicted molar refractivity (Wildman–Crippen MR) is 82.8 cm³/mol. The van der Waals surface area contributed by atoms with E-state index >= 15 is 0 Å². The summed E-state index contributed by atoms with van der Waals surface area (Å²) in [6, 6.07) is 6.71. The molecular formula is C16H15N3O3. The Morgan fingerprint density at radius 3 is 2.86 bits per heavy atom. The van der Waals surface area contributed by atoms with Crippen LogP contribution in [0.1, 0.15) is 11.4 Å². The summed E-state index contributed by atoms with van der Waals surface area (Å²) in [5.74, 6) is 0.603. The van der Waals surface area contributed by atoms with E-state index in [0.717, 1.165) is 16.8 Å². The molecule has 1 amide bonds. The van der Waals surface area contributed by atoms with Crippen molar-refractivity contribution in [1.82, 2.24) is 9.55 Å². The number of hydrogen-bond donors (Lipinski definition) is 1. The smallest absolute Gasteiger partial charge is 0.336 e. The number of aromatic nitrogens is 2. The Bertz CT molecular complexity index is 908. The predicted octanol–water partition coefficient (Wildman–Crippen LogP) is 2.25. The largest absolute Gasteiger partial charge is 0.423 e. The molecule has 1 N–H and O–H groups in total. The van der Waals surface area contributed by atoms with Crippen molar-refractivity contribution in [3.05, 3.63) is 58.5 Å². The van der Waals surface area contributed by atoms with Gasteiger partial charge in [0.2, 0.25) is 5.91 Å². The number of hydrogen-bond acceptors (Lipinski definition) is 4. The van der Waals surface area contributed by atoms with Gasteiger partial charge in [-0.2, -0.15) is 0 Å². The maximum absolute atomic E-state index is 12.0. The number of rotatable bonds is 3. The van der Waals surface area contributed by atoms with Crippen molar-refractivity contribution in [2.75, 3.05) is 5.32 Å². The van der Waals surface area contributed by atoms with Gasteiger partial charge in [-0.3, -0.25) is 4.79 Å². The SMILES string of the molecule is Cc1cc(=O)oc2cc(NC(=O)Cn3ccnc3C)ccc12. The van der Waals surface area contributed by atoms with Crippen LogP contribution in [0, 0.1) is 13.8 Å². The van der Waals surface area contributed by atoms with Crippen LogP contribution in [-0.2, 0) is 11.3 Å². The second kappa shape index (κ2) is 5.48. The van der Waals surface area contributed by atoms with E-state index in [4.69, 9.17) is 4.42 Å². The minimum Gasteiger partial charge on any atom is -0.423 e. The first kappa shape index (κ1) is 14.1. The standard InChI is InChI=1S/C16H15N3O3/c1-10-7-16(21)22-14-8-12(3-4-13(10)14)18-15(20)9-19-6-5-17-11(19)2/h3-8H,9H2,1-2H3,(H,18,20). The summed E-state index contributed by atoms with van der Waals surface area (Å²) in [5.41, 5.74) is 1.49. The van der Waals surface area contributed by atoms with Gasteiger partial charge < -0.3 is 14.3 Å². The van der Waals surface area contributed by atoms with Crippen molar-refractivity contribution >= 4 is 22.6 Å². The van der Waals surface area contributed by atoms with Gasteiger partial charge in [0.05, 0.1) is 0 Å². The van der Waals surface area contributed by atoms with Gasteiger partial charge in [0.1, 0.15) is 18.0 Å². The summed E-state index contributed by atoms with van der Waals surface area (Å²) in [6.45, 7) is 3.86. The van der Waals surface area contributed by atoms with E-state index in [1.54, 1.807) is 29.1 Å². The molecule has 0 aliphatic carbocycles. The fraction of sp³-hybridized carbons (Fsp3) is 0.188. The highest BCUT2D eigenvalue weighted by Crippen LogP contribution is 2.20. The number of amides is 1. The highest BCUT2D eigenvalue weighted by atomic mass is 16.4. The fourth-order valence-electron chi connectivity index (χ4n) is 2.33. The van der Waals surface area contributed by atoms with Crippen LogP contribution in [-0.4, -0.2) is 15.5 Å². The van der Waals surface area contributed by atoms with E-state index in [2.05, 4.69) is 10.3 Å². The van der Waals surface area contributed by atoms with E-state index < -0.39 is 5.63 Å². The minimum atomic E-state index is -0.400. The average Bonchev–Trinajstić information content (AvgIpc) is 2.83. The topological polar surface area (TPSA) is 77.1 Å². The lowest BCUT2D eigenvalue weighted by atomic mass is 10.1. The molecule has 0 aliphatic rings. The second-order valence-corrected chi connectivity index (χ2v) is 5.11. The molecule has 0 unspecified atom stereocenters. The summed E-state index contributed by atoms with van der Waals surface area (Å²) < 4.78 is 6.92. The number of fused-ring (bicyclic) bond motifs is 1. The molecule has 0 bridgehead atoms. The number of nitrogens with zero attached hydrogens (tertiary/aromatic N) is 2. The van der Waals surface area contributed by atoms with Crippen molar-refractivity contribution in [2.24, 2.45) is 0 Å². The third-order valence-electron chi connectivity index (χ3n) is 3.47. The lowest BCUT2D eigenvalue weighted by molar-refractivity contribution is -0.116. The van der Waals surface area contributed by atoms with Crippen LogP contribution in [0.3, 0.4) is 0 Å². The van der Waals surface area contributed by atoms with Gasteiger partial charge in [0, 0.05) is 35.6 Å². The van der Waals surface area contributed by atoms with Gasteiger partial charge in [-0.25, -0.2) is 9.78 Å². The van der Waals surface area contributed by atoms with E-state index in [1.165, 1.54) is 6.07 Å². The fourth-order valence-corrected chi connectivity index (χ4v) is 2.33. The third-order valence-corrected chi connectivity index (χ3v) is 3.47. The first-order chi connectivity index (χ1) is 10.5. The molecule has 3 rings (SSSR count). The van der Waals surface area contributed by atoms with Crippen LogP contribution in [0.15, 0.2) is 45.9 Å². The molecule has 22 heavy (non-hydrogen) atoms. The first-order valence-electron chi connectivity index (χ1n) is 6.85. The zero-order valence-electron chi connectivity index (χ0n) is 12.3. The van der Waals surface area contributed by atoms with Crippen molar-refractivity contribution in [1.29, 1.82) is 0 Å². The van der Waals surface area contributed by atoms with E-state index in [9.17, 15) is 9.59 Å². The molecule has 2 aromatic heterocycles. The summed E-state index contributed by atoms with van der Waals surface area (Å²) >= 11 is 0. The molecule has 112 valence electrons. The Morgan fingerprint density at radius 1 is 1.32 bits per heavy atom. The van der Waals surface area contributed by atoms with E-state index in [1.807, 2.05) is 19.9 Å². The number of aryl methyl sites for hydroxylation is 2. The van der Waals surface area contributed by atoms with E-state index in [0.29, 0.717) is 11.3 Å². The summed E-state index contributed by atoms with van der Waals surface area (Å²) in [7, 11) is 0. The highest BCUT2D eigenvalue weighted by molar-refractivity contribution is 5.93. The lowest BCUT2D eigenvalue weighted by Gasteiger charge is -2.08. The van der Waals surface area contributed by atoms with Crippen molar-refractivity contribution in [2.45, 2.75) is 20.4 Å². The number of imidazole rings is 1. The zero-order valence-corrected chi connectivity index (χ0v) is 12.3. The molecule has 6 heteroatoms. The monoisotopic (exact) mass is 297 g/mol. The summed E-state index contributed by atoms with van der Waals surface area (Å²) in [6.07, 6.45) is 3.40. The van der Waals surface area contributed by atoms with Crippen molar-refractivity contribution in [3.8, 4) is 0 Å². The minimum absolute atomic E-state index is 0.171. The van der Waals surface area contributed by atoms with Crippen LogP contribution in [0.25, 0.3) is 11.0 Å². The normalized spacial score (nSPS) is 10.8. The average molecular weight is 297 g/mol. The number of anilines is 1. The molecule has 0 atom stereocenters. The molecule has 3 aromatic rings. The molecular weight excluding hydrogens is 282 g/mol. The maximum Gasteiger partial charge on any atom is 0.336 e. The van der Waals surface area contributed by atoms with Gasteiger partial charge in [-0.1, -0.05) is 0 Å². The highest BCUT2D eigenvalue weighted by Gasteiger charge is 2.08. The molecule has 0 saturated heterocycles. The molecule has 2 heterocycles. The van der Waals surface area contributed by atoms with Crippen LogP contribution in [0.4, 0.5) is 5.69 Å². The Kier molecular flexibility index (Phi) is 3.50.